The fraction of sp³-hybridized carbons (Fsp3) is 0.286. The molecule has 34 heavy (non-hydrogen) atoms. The van der Waals surface area contributed by atoms with E-state index in [1.165, 1.54) is 17.3 Å². The van der Waals surface area contributed by atoms with E-state index in [1.807, 2.05) is 93.6 Å². The number of carbonyl (C=O) groups is 2. The number of benzene rings is 3. The molecule has 0 aliphatic heterocycles. The maximum absolute atomic E-state index is 13.6. The summed E-state index contributed by atoms with van der Waals surface area (Å²) in [5.74, 6) is -0.0101. The Morgan fingerprint density at radius 2 is 1.62 bits per heavy atom. The fourth-order valence-electron chi connectivity index (χ4n) is 3.63. The molecule has 2 amide bonds. The van der Waals surface area contributed by atoms with Crippen molar-refractivity contribution < 1.29 is 9.59 Å². The number of thioether (sulfide) groups is 1. The topological polar surface area (TPSA) is 49.4 Å². The van der Waals surface area contributed by atoms with Gasteiger partial charge in [0.2, 0.25) is 11.8 Å². The lowest BCUT2D eigenvalue weighted by Crippen LogP contribution is -2.52. The van der Waals surface area contributed by atoms with Crippen molar-refractivity contribution in [1.29, 1.82) is 0 Å². The molecule has 3 aromatic carbocycles. The summed E-state index contributed by atoms with van der Waals surface area (Å²) in [7, 11) is 0. The molecular formula is C28H31ClN2O2S. The molecule has 0 aliphatic rings. The van der Waals surface area contributed by atoms with E-state index in [-0.39, 0.29) is 23.6 Å². The Kier molecular flexibility index (Phi) is 9.61. The van der Waals surface area contributed by atoms with E-state index in [4.69, 9.17) is 11.6 Å². The first-order valence-corrected chi connectivity index (χ1v) is 12.8. The maximum atomic E-state index is 13.6. The average molecular weight is 495 g/mol. The van der Waals surface area contributed by atoms with Crippen LogP contribution in [0, 0.1) is 6.92 Å². The fourth-order valence-corrected chi connectivity index (χ4v) is 4.63. The van der Waals surface area contributed by atoms with Crippen LogP contribution < -0.4 is 5.32 Å². The Bertz CT molecular complexity index is 1090. The van der Waals surface area contributed by atoms with Crippen molar-refractivity contribution in [3.05, 3.63) is 101 Å². The second-order valence-corrected chi connectivity index (χ2v) is 10.1. The van der Waals surface area contributed by atoms with Crippen molar-refractivity contribution in [2.24, 2.45) is 0 Å². The molecule has 1 unspecified atom stereocenters. The lowest BCUT2D eigenvalue weighted by molar-refractivity contribution is -0.139. The van der Waals surface area contributed by atoms with E-state index in [0.717, 1.165) is 16.0 Å². The molecule has 0 radical (unpaired) electrons. The van der Waals surface area contributed by atoms with Crippen LogP contribution in [0.1, 0.15) is 30.5 Å². The van der Waals surface area contributed by atoms with E-state index in [1.54, 1.807) is 11.0 Å². The molecule has 0 bridgehead atoms. The van der Waals surface area contributed by atoms with Crippen LogP contribution in [0.15, 0.2) is 83.8 Å². The van der Waals surface area contributed by atoms with Crippen LogP contribution in [-0.2, 0) is 22.6 Å². The van der Waals surface area contributed by atoms with Gasteiger partial charge in [-0.1, -0.05) is 71.8 Å². The third-order valence-corrected chi connectivity index (χ3v) is 6.56. The molecule has 3 rings (SSSR count). The highest BCUT2D eigenvalue weighted by atomic mass is 35.5. The van der Waals surface area contributed by atoms with Gasteiger partial charge in [0.05, 0.1) is 5.75 Å². The number of amides is 2. The van der Waals surface area contributed by atoms with Gasteiger partial charge < -0.3 is 10.2 Å². The Balaban J connectivity index is 1.90. The van der Waals surface area contributed by atoms with Crippen LogP contribution in [0.25, 0.3) is 0 Å². The highest BCUT2D eigenvalue weighted by Crippen LogP contribution is 2.22. The van der Waals surface area contributed by atoms with E-state index in [2.05, 4.69) is 5.32 Å². The summed E-state index contributed by atoms with van der Waals surface area (Å²) in [5.41, 5.74) is 3.06. The lowest BCUT2D eigenvalue weighted by Gasteiger charge is -2.32. The van der Waals surface area contributed by atoms with Gasteiger partial charge in [-0.2, -0.15) is 0 Å². The molecule has 0 saturated carbocycles. The second-order valence-electron chi connectivity index (χ2n) is 8.62. The number of halogens is 1. The van der Waals surface area contributed by atoms with E-state index in [0.29, 0.717) is 18.0 Å². The molecule has 6 heteroatoms. The normalized spacial score (nSPS) is 11.8. The largest absolute Gasteiger partial charge is 0.352 e. The zero-order valence-corrected chi connectivity index (χ0v) is 21.4. The number of carbonyl (C=O) groups excluding carboxylic acids is 2. The SMILES string of the molecule is Cc1ccc(SCC(=O)N(Cc2cccc(Cl)c2)C(Cc2ccccc2)C(=O)NC(C)C)cc1. The summed E-state index contributed by atoms with van der Waals surface area (Å²) >= 11 is 7.70. The van der Waals surface area contributed by atoms with Crippen molar-refractivity contribution >= 4 is 35.2 Å². The van der Waals surface area contributed by atoms with Gasteiger partial charge in [-0.15, -0.1) is 11.8 Å². The Morgan fingerprint density at radius 3 is 2.26 bits per heavy atom. The summed E-state index contributed by atoms with van der Waals surface area (Å²) < 4.78 is 0. The molecule has 1 N–H and O–H groups in total. The number of nitrogens with zero attached hydrogens (tertiary/aromatic N) is 1. The summed E-state index contributed by atoms with van der Waals surface area (Å²) in [6, 6.07) is 24.7. The second kappa shape index (κ2) is 12.6. The molecule has 178 valence electrons. The van der Waals surface area contributed by atoms with Crippen LogP contribution in [-0.4, -0.2) is 34.6 Å². The van der Waals surface area contributed by atoms with Crippen LogP contribution in [0.4, 0.5) is 0 Å². The van der Waals surface area contributed by atoms with Crippen LogP contribution in [0.2, 0.25) is 5.02 Å². The first-order chi connectivity index (χ1) is 16.3. The van der Waals surface area contributed by atoms with Crippen LogP contribution >= 0.6 is 23.4 Å². The van der Waals surface area contributed by atoms with Crippen molar-refractivity contribution in [1.82, 2.24) is 10.2 Å². The zero-order chi connectivity index (χ0) is 24.5. The minimum absolute atomic E-state index is 0.0316. The number of rotatable bonds is 10. The van der Waals surface area contributed by atoms with Crippen molar-refractivity contribution in [2.45, 2.75) is 50.7 Å². The molecule has 0 aliphatic carbocycles. The Morgan fingerprint density at radius 1 is 0.941 bits per heavy atom. The third-order valence-electron chi connectivity index (χ3n) is 5.33. The standard InChI is InChI=1S/C28H31ClN2O2S/c1-20(2)30-28(33)26(17-22-8-5-4-6-9-22)31(18-23-10-7-11-24(29)16-23)27(32)19-34-25-14-12-21(3)13-15-25/h4-16,20,26H,17-19H2,1-3H3,(H,30,33). The van der Waals surface area contributed by atoms with Crippen LogP contribution in [0.5, 0.6) is 0 Å². The van der Waals surface area contributed by atoms with Gasteiger partial charge in [-0.05, 0) is 56.2 Å². The van der Waals surface area contributed by atoms with Gasteiger partial charge in [0, 0.05) is 28.9 Å². The molecule has 1 atom stereocenters. The molecule has 0 aromatic heterocycles. The molecule has 3 aromatic rings. The number of hydrogen-bond acceptors (Lipinski definition) is 3. The highest BCUT2D eigenvalue weighted by Gasteiger charge is 2.30. The van der Waals surface area contributed by atoms with Crippen molar-refractivity contribution in [3.63, 3.8) is 0 Å². The molecule has 0 fully saturated rings. The molecule has 0 heterocycles. The number of nitrogens with one attached hydrogen (secondary N) is 1. The molecule has 4 nitrogen and oxygen atoms in total. The molecule has 0 saturated heterocycles. The zero-order valence-electron chi connectivity index (χ0n) is 19.8. The predicted octanol–water partition coefficient (Wildman–Crippen LogP) is 5.91. The monoisotopic (exact) mass is 494 g/mol. The minimum atomic E-state index is -0.644. The molecular weight excluding hydrogens is 464 g/mol. The van der Waals surface area contributed by atoms with Crippen LogP contribution in [0.3, 0.4) is 0 Å². The van der Waals surface area contributed by atoms with Gasteiger partial charge >= 0.3 is 0 Å². The van der Waals surface area contributed by atoms with Gasteiger partial charge in [-0.3, -0.25) is 9.59 Å². The Labute approximate surface area is 211 Å². The van der Waals surface area contributed by atoms with Crippen molar-refractivity contribution in [3.8, 4) is 0 Å². The van der Waals surface area contributed by atoms with Gasteiger partial charge in [0.15, 0.2) is 0 Å². The van der Waals surface area contributed by atoms with Gasteiger partial charge in [-0.25, -0.2) is 0 Å². The Hall–Kier alpha value is -2.76. The summed E-state index contributed by atoms with van der Waals surface area (Å²) in [4.78, 5) is 29.6. The van der Waals surface area contributed by atoms with Gasteiger partial charge in [0.1, 0.15) is 6.04 Å². The summed E-state index contributed by atoms with van der Waals surface area (Å²) in [6.45, 7) is 6.19. The van der Waals surface area contributed by atoms with Gasteiger partial charge in [0.25, 0.3) is 0 Å². The van der Waals surface area contributed by atoms with Crippen molar-refractivity contribution in [2.75, 3.05) is 5.75 Å². The maximum Gasteiger partial charge on any atom is 0.243 e. The lowest BCUT2D eigenvalue weighted by atomic mass is 10.0. The average Bonchev–Trinajstić information content (AvgIpc) is 2.81. The third kappa shape index (κ3) is 7.93. The predicted molar refractivity (Wildman–Crippen MR) is 141 cm³/mol. The first kappa shape index (κ1) is 25.9. The summed E-state index contributed by atoms with van der Waals surface area (Å²) in [6.07, 6.45) is 0.431. The van der Waals surface area contributed by atoms with E-state index in [9.17, 15) is 9.59 Å². The minimum Gasteiger partial charge on any atom is -0.352 e. The molecule has 0 spiro atoms. The smallest absolute Gasteiger partial charge is 0.243 e. The number of aryl methyl sites for hydroxylation is 1. The highest BCUT2D eigenvalue weighted by molar-refractivity contribution is 8.00. The quantitative estimate of drug-likeness (QED) is 0.357. The van der Waals surface area contributed by atoms with E-state index < -0.39 is 6.04 Å². The summed E-state index contributed by atoms with van der Waals surface area (Å²) in [5, 5.41) is 3.61. The van der Waals surface area contributed by atoms with E-state index >= 15 is 0 Å². The number of hydrogen-bond donors (Lipinski definition) is 1. The first-order valence-electron chi connectivity index (χ1n) is 11.4.